The minimum absolute atomic E-state index is 0.527. The molecule has 0 saturated carbocycles. The van der Waals surface area contributed by atoms with E-state index in [-0.39, 0.29) is 0 Å². The summed E-state index contributed by atoms with van der Waals surface area (Å²) in [5.74, 6) is 0.934. The number of ether oxygens (including phenoxy) is 1. The van der Waals surface area contributed by atoms with Crippen LogP contribution in [0.2, 0.25) is 0 Å². The molecule has 1 aliphatic heterocycles. The van der Waals surface area contributed by atoms with Crippen molar-refractivity contribution in [2.75, 3.05) is 7.11 Å². The van der Waals surface area contributed by atoms with Crippen molar-refractivity contribution >= 4 is 10.9 Å². The van der Waals surface area contributed by atoms with Crippen LogP contribution in [0.1, 0.15) is 23.7 Å². The van der Waals surface area contributed by atoms with E-state index in [0.717, 1.165) is 31.7 Å². The van der Waals surface area contributed by atoms with E-state index < -0.39 is 0 Å². The second-order valence-corrected chi connectivity index (χ2v) is 6.68. The first-order valence-electron chi connectivity index (χ1n) is 8.71. The molecule has 1 unspecified atom stereocenters. The van der Waals surface area contributed by atoms with Gasteiger partial charge in [-0.2, -0.15) is 0 Å². The monoisotopic (exact) mass is 320 g/mol. The Morgan fingerprint density at radius 1 is 1.17 bits per heavy atom. The number of methoxy groups -OCH3 is 1. The molecule has 1 atom stereocenters. The van der Waals surface area contributed by atoms with Crippen LogP contribution in [0, 0.1) is 0 Å². The zero-order chi connectivity index (χ0) is 16.5. The highest BCUT2D eigenvalue weighted by molar-refractivity contribution is 5.87. The second kappa shape index (κ2) is 6.33. The van der Waals surface area contributed by atoms with E-state index in [9.17, 15) is 0 Å². The topological polar surface area (TPSA) is 26.2 Å². The van der Waals surface area contributed by atoms with Crippen LogP contribution < -0.4 is 10.1 Å². The van der Waals surface area contributed by atoms with Crippen LogP contribution in [0.15, 0.2) is 48.5 Å². The Morgan fingerprint density at radius 2 is 2.00 bits per heavy atom. The number of nitrogens with one attached hydrogen (secondary N) is 1. The van der Waals surface area contributed by atoms with Gasteiger partial charge in [-0.3, -0.25) is 0 Å². The zero-order valence-electron chi connectivity index (χ0n) is 14.4. The van der Waals surface area contributed by atoms with Crippen LogP contribution in [0.25, 0.3) is 10.9 Å². The molecule has 0 aliphatic carbocycles. The molecule has 0 fully saturated rings. The first kappa shape index (κ1) is 15.3. The highest BCUT2D eigenvalue weighted by atomic mass is 16.5. The molecule has 1 aromatic heterocycles. The number of benzene rings is 2. The molecule has 2 aromatic carbocycles. The second-order valence-electron chi connectivity index (χ2n) is 6.68. The van der Waals surface area contributed by atoms with Gasteiger partial charge >= 0.3 is 0 Å². The van der Waals surface area contributed by atoms with Crippen LogP contribution in [0.4, 0.5) is 0 Å². The number of aromatic nitrogens is 1. The Morgan fingerprint density at radius 3 is 2.79 bits per heavy atom. The Kier molecular flexibility index (Phi) is 4.03. The molecule has 1 aliphatic rings. The van der Waals surface area contributed by atoms with Gasteiger partial charge in [0.1, 0.15) is 5.75 Å². The smallest absolute Gasteiger partial charge is 0.119 e. The SMILES string of the molecule is COc1ccc2c(c1)c1c(n2CCc2ccccc2)CC(C)NC1. The fraction of sp³-hybridized carbons (Fsp3) is 0.333. The maximum absolute atomic E-state index is 5.44. The molecule has 0 spiro atoms. The Hall–Kier alpha value is -2.26. The molecule has 3 heteroatoms. The molecule has 3 aromatic rings. The Balaban J connectivity index is 1.76. The molecule has 24 heavy (non-hydrogen) atoms. The summed E-state index contributed by atoms with van der Waals surface area (Å²) in [4.78, 5) is 0. The third kappa shape index (κ3) is 2.69. The molecule has 0 bridgehead atoms. The summed E-state index contributed by atoms with van der Waals surface area (Å²) in [5, 5.41) is 4.93. The molecule has 2 heterocycles. The van der Waals surface area contributed by atoms with Crippen molar-refractivity contribution in [1.82, 2.24) is 9.88 Å². The quantitative estimate of drug-likeness (QED) is 0.788. The zero-order valence-corrected chi connectivity index (χ0v) is 14.4. The average molecular weight is 320 g/mol. The molecular weight excluding hydrogens is 296 g/mol. The van der Waals surface area contributed by atoms with Crippen molar-refractivity contribution in [2.45, 2.75) is 38.9 Å². The van der Waals surface area contributed by atoms with Crippen LogP contribution in [0.5, 0.6) is 5.75 Å². The third-order valence-electron chi connectivity index (χ3n) is 5.09. The van der Waals surface area contributed by atoms with Gasteiger partial charge in [0.05, 0.1) is 7.11 Å². The summed E-state index contributed by atoms with van der Waals surface area (Å²) in [5.41, 5.74) is 5.65. The third-order valence-corrected chi connectivity index (χ3v) is 5.09. The van der Waals surface area contributed by atoms with E-state index in [1.807, 2.05) is 0 Å². The fourth-order valence-electron chi connectivity index (χ4n) is 3.79. The van der Waals surface area contributed by atoms with E-state index in [4.69, 9.17) is 4.74 Å². The van der Waals surface area contributed by atoms with Gasteiger partial charge in [0.15, 0.2) is 0 Å². The summed E-state index contributed by atoms with van der Waals surface area (Å²) in [6, 6.07) is 17.7. The van der Waals surface area contributed by atoms with Gasteiger partial charge < -0.3 is 14.6 Å². The first-order chi connectivity index (χ1) is 11.8. The van der Waals surface area contributed by atoms with Crippen molar-refractivity contribution in [2.24, 2.45) is 0 Å². The van der Waals surface area contributed by atoms with E-state index in [0.29, 0.717) is 6.04 Å². The number of aryl methyl sites for hydroxylation is 2. The van der Waals surface area contributed by atoms with E-state index in [1.165, 1.54) is 27.7 Å². The molecular formula is C21H24N2O. The van der Waals surface area contributed by atoms with E-state index in [1.54, 1.807) is 7.11 Å². The van der Waals surface area contributed by atoms with E-state index in [2.05, 4.69) is 65.3 Å². The first-order valence-corrected chi connectivity index (χ1v) is 8.71. The van der Waals surface area contributed by atoms with Gasteiger partial charge in [-0.15, -0.1) is 0 Å². The van der Waals surface area contributed by atoms with Gasteiger partial charge in [0.2, 0.25) is 0 Å². The lowest BCUT2D eigenvalue weighted by Gasteiger charge is -2.23. The predicted octanol–water partition coefficient (Wildman–Crippen LogP) is 3.93. The maximum atomic E-state index is 5.44. The van der Waals surface area contributed by atoms with Crippen LogP contribution >= 0.6 is 0 Å². The lowest BCUT2D eigenvalue weighted by Crippen LogP contribution is -2.33. The van der Waals surface area contributed by atoms with Crippen LogP contribution in [-0.4, -0.2) is 17.7 Å². The standard InChI is InChI=1S/C21H24N2O/c1-15-12-21-19(14-22-15)18-13-17(24-2)8-9-20(18)23(21)11-10-16-6-4-3-5-7-16/h3-9,13,15,22H,10-12,14H2,1-2H3. The molecule has 4 rings (SSSR count). The number of hydrogen-bond donors (Lipinski definition) is 1. The average Bonchev–Trinajstić information content (AvgIpc) is 2.92. The molecule has 3 nitrogen and oxygen atoms in total. The molecule has 0 amide bonds. The minimum atomic E-state index is 0.527. The number of nitrogens with zero attached hydrogens (tertiary/aromatic N) is 1. The maximum Gasteiger partial charge on any atom is 0.119 e. The lowest BCUT2D eigenvalue weighted by atomic mass is 10.0. The largest absolute Gasteiger partial charge is 0.497 e. The summed E-state index contributed by atoms with van der Waals surface area (Å²) in [6.07, 6.45) is 2.14. The summed E-state index contributed by atoms with van der Waals surface area (Å²) < 4.78 is 7.97. The van der Waals surface area contributed by atoms with Gasteiger partial charge in [0, 0.05) is 42.1 Å². The normalized spacial score (nSPS) is 17.0. The molecule has 0 saturated heterocycles. The van der Waals surface area contributed by atoms with Gasteiger partial charge in [0.25, 0.3) is 0 Å². The summed E-state index contributed by atoms with van der Waals surface area (Å²) in [6.45, 7) is 4.23. The van der Waals surface area contributed by atoms with E-state index >= 15 is 0 Å². The lowest BCUT2D eigenvalue weighted by molar-refractivity contribution is 0.415. The van der Waals surface area contributed by atoms with Crippen molar-refractivity contribution in [3.63, 3.8) is 0 Å². The summed E-state index contributed by atoms with van der Waals surface area (Å²) in [7, 11) is 1.74. The number of hydrogen-bond acceptors (Lipinski definition) is 2. The molecule has 0 radical (unpaired) electrons. The van der Waals surface area contributed by atoms with Crippen molar-refractivity contribution in [3.8, 4) is 5.75 Å². The summed E-state index contributed by atoms with van der Waals surface area (Å²) >= 11 is 0. The Labute approximate surface area is 143 Å². The van der Waals surface area contributed by atoms with Gasteiger partial charge in [-0.05, 0) is 42.7 Å². The molecule has 1 N–H and O–H groups in total. The predicted molar refractivity (Wildman–Crippen MR) is 98.6 cm³/mol. The molecule has 124 valence electrons. The highest BCUT2D eigenvalue weighted by Crippen LogP contribution is 2.32. The fourth-order valence-corrected chi connectivity index (χ4v) is 3.79. The van der Waals surface area contributed by atoms with Crippen LogP contribution in [0.3, 0.4) is 0 Å². The van der Waals surface area contributed by atoms with Gasteiger partial charge in [-0.1, -0.05) is 30.3 Å². The van der Waals surface area contributed by atoms with Crippen LogP contribution in [-0.2, 0) is 25.9 Å². The number of rotatable bonds is 4. The highest BCUT2D eigenvalue weighted by Gasteiger charge is 2.23. The Bertz CT molecular complexity index is 851. The van der Waals surface area contributed by atoms with Crippen molar-refractivity contribution < 1.29 is 4.74 Å². The van der Waals surface area contributed by atoms with Gasteiger partial charge in [-0.25, -0.2) is 0 Å². The minimum Gasteiger partial charge on any atom is -0.497 e. The number of fused-ring (bicyclic) bond motifs is 3. The van der Waals surface area contributed by atoms with Crippen molar-refractivity contribution in [3.05, 3.63) is 65.4 Å². The van der Waals surface area contributed by atoms with Crippen molar-refractivity contribution in [1.29, 1.82) is 0 Å².